The molecule has 1 aliphatic rings. The van der Waals surface area contributed by atoms with Gasteiger partial charge in [-0.15, -0.1) is 0 Å². The summed E-state index contributed by atoms with van der Waals surface area (Å²) in [7, 11) is 1.50. The summed E-state index contributed by atoms with van der Waals surface area (Å²) in [5.41, 5.74) is 4.98. The van der Waals surface area contributed by atoms with Gasteiger partial charge >= 0.3 is 5.97 Å². The minimum Gasteiger partial charge on any atom is -0.481 e. The first kappa shape index (κ1) is 12.5. The Morgan fingerprint density at radius 1 is 1.31 bits per heavy atom. The van der Waals surface area contributed by atoms with Crippen molar-refractivity contribution in [2.75, 3.05) is 13.6 Å². The largest absolute Gasteiger partial charge is 0.481 e. The van der Waals surface area contributed by atoms with Crippen LogP contribution in [0.2, 0.25) is 0 Å². The lowest BCUT2D eigenvalue weighted by Gasteiger charge is -2.19. The predicted molar refractivity (Wildman–Crippen MR) is 55.3 cm³/mol. The standard InChI is InChI=1S/C10H16N2O4/c1-12(5-8(11)13)9(14)6-2-3-7(4-6)10(15)16/h6-7H,2-5H2,1H3,(H2,11,13)(H,15,16). The zero-order valence-corrected chi connectivity index (χ0v) is 9.18. The van der Waals surface area contributed by atoms with Crippen molar-refractivity contribution in [1.29, 1.82) is 0 Å². The number of primary amides is 1. The molecule has 6 nitrogen and oxygen atoms in total. The van der Waals surface area contributed by atoms with Gasteiger partial charge in [0.05, 0.1) is 12.5 Å². The number of hydrogen-bond acceptors (Lipinski definition) is 3. The Morgan fingerprint density at radius 3 is 2.31 bits per heavy atom. The number of amides is 2. The SMILES string of the molecule is CN(CC(N)=O)C(=O)C1CCC(C(=O)O)C1. The molecule has 1 rings (SSSR count). The van der Waals surface area contributed by atoms with Gasteiger partial charge < -0.3 is 15.7 Å². The van der Waals surface area contributed by atoms with Crippen molar-refractivity contribution >= 4 is 17.8 Å². The number of carboxylic acids is 1. The summed E-state index contributed by atoms with van der Waals surface area (Å²) in [6, 6.07) is 0. The molecule has 1 saturated carbocycles. The zero-order valence-electron chi connectivity index (χ0n) is 9.18. The second-order valence-corrected chi connectivity index (χ2v) is 4.21. The molecule has 1 aliphatic carbocycles. The Balaban J connectivity index is 2.50. The number of rotatable bonds is 4. The topological polar surface area (TPSA) is 101 Å². The molecule has 2 atom stereocenters. The predicted octanol–water partition coefficient (Wildman–Crippen LogP) is -0.569. The number of aliphatic carboxylic acids is 1. The van der Waals surface area contributed by atoms with Crippen LogP contribution in [0.4, 0.5) is 0 Å². The summed E-state index contributed by atoms with van der Waals surface area (Å²) in [5.74, 6) is -2.33. The Bertz CT molecular complexity index is 316. The van der Waals surface area contributed by atoms with Gasteiger partial charge in [0.1, 0.15) is 0 Å². The van der Waals surface area contributed by atoms with Crippen LogP contribution in [0.1, 0.15) is 19.3 Å². The van der Waals surface area contributed by atoms with Gasteiger partial charge in [-0.1, -0.05) is 0 Å². The maximum Gasteiger partial charge on any atom is 0.306 e. The first-order valence-electron chi connectivity index (χ1n) is 5.18. The molecule has 0 aromatic carbocycles. The van der Waals surface area contributed by atoms with Crippen LogP contribution in [0.3, 0.4) is 0 Å². The molecule has 3 N–H and O–H groups in total. The summed E-state index contributed by atoms with van der Waals surface area (Å²) in [6.07, 6.45) is 1.45. The Hall–Kier alpha value is -1.59. The molecular weight excluding hydrogens is 212 g/mol. The molecule has 90 valence electrons. The highest BCUT2D eigenvalue weighted by molar-refractivity contribution is 5.85. The average molecular weight is 228 g/mol. The van der Waals surface area contributed by atoms with E-state index in [0.717, 1.165) is 0 Å². The minimum absolute atomic E-state index is 0.118. The van der Waals surface area contributed by atoms with Crippen LogP contribution in [0.15, 0.2) is 0 Å². The normalized spacial score (nSPS) is 24.1. The Kier molecular flexibility index (Phi) is 3.87. The van der Waals surface area contributed by atoms with Crippen LogP contribution in [0.25, 0.3) is 0 Å². The summed E-state index contributed by atoms with van der Waals surface area (Å²) in [6.45, 7) is -0.118. The molecule has 0 radical (unpaired) electrons. The molecule has 16 heavy (non-hydrogen) atoms. The molecule has 0 spiro atoms. The smallest absolute Gasteiger partial charge is 0.306 e. The number of hydrogen-bond donors (Lipinski definition) is 2. The molecule has 0 heterocycles. The third-order valence-electron chi connectivity index (χ3n) is 2.90. The van der Waals surface area contributed by atoms with Crippen molar-refractivity contribution in [2.24, 2.45) is 17.6 Å². The monoisotopic (exact) mass is 228 g/mol. The number of nitrogens with two attached hydrogens (primary N) is 1. The first-order valence-corrected chi connectivity index (χ1v) is 5.18. The second kappa shape index (κ2) is 4.96. The number of carbonyl (C=O) groups excluding carboxylic acids is 2. The van der Waals surface area contributed by atoms with Gasteiger partial charge in [0.15, 0.2) is 0 Å². The molecular formula is C10H16N2O4. The highest BCUT2D eigenvalue weighted by atomic mass is 16.4. The molecule has 0 saturated heterocycles. The van der Waals surface area contributed by atoms with E-state index < -0.39 is 17.8 Å². The van der Waals surface area contributed by atoms with Crippen LogP contribution in [0, 0.1) is 11.8 Å². The average Bonchev–Trinajstić information content (AvgIpc) is 2.64. The van der Waals surface area contributed by atoms with E-state index >= 15 is 0 Å². The van der Waals surface area contributed by atoms with Gasteiger partial charge in [-0.25, -0.2) is 0 Å². The lowest BCUT2D eigenvalue weighted by molar-refractivity contribution is -0.142. The van der Waals surface area contributed by atoms with Crippen LogP contribution in [-0.2, 0) is 14.4 Å². The van der Waals surface area contributed by atoms with Crippen LogP contribution in [-0.4, -0.2) is 41.4 Å². The summed E-state index contributed by atoms with van der Waals surface area (Å²) in [4.78, 5) is 34.4. The summed E-state index contributed by atoms with van der Waals surface area (Å²) in [5, 5.41) is 8.80. The molecule has 2 amide bonds. The van der Waals surface area contributed by atoms with Crippen molar-refractivity contribution in [3.8, 4) is 0 Å². The number of likely N-dealkylation sites (N-methyl/N-ethyl adjacent to an activating group) is 1. The van der Waals surface area contributed by atoms with Gasteiger partial charge in [-0.05, 0) is 19.3 Å². The lowest BCUT2D eigenvalue weighted by atomic mass is 10.0. The lowest BCUT2D eigenvalue weighted by Crippen LogP contribution is -2.38. The minimum atomic E-state index is -0.854. The second-order valence-electron chi connectivity index (χ2n) is 4.21. The maximum atomic E-state index is 11.8. The first-order chi connectivity index (χ1) is 7.41. The van der Waals surface area contributed by atoms with Crippen molar-refractivity contribution in [3.63, 3.8) is 0 Å². The molecule has 1 fully saturated rings. The molecule has 0 aromatic heterocycles. The van der Waals surface area contributed by atoms with Gasteiger partial charge in [0.2, 0.25) is 11.8 Å². The van der Waals surface area contributed by atoms with Gasteiger partial charge in [-0.3, -0.25) is 14.4 Å². The van der Waals surface area contributed by atoms with E-state index in [4.69, 9.17) is 10.8 Å². The molecule has 0 aromatic rings. The van der Waals surface area contributed by atoms with E-state index in [1.165, 1.54) is 11.9 Å². The van der Waals surface area contributed by atoms with Crippen molar-refractivity contribution in [3.05, 3.63) is 0 Å². The van der Waals surface area contributed by atoms with Crippen molar-refractivity contribution in [1.82, 2.24) is 4.90 Å². The molecule has 2 unspecified atom stereocenters. The van der Waals surface area contributed by atoms with Gasteiger partial charge in [0.25, 0.3) is 0 Å². The Morgan fingerprint density at radius 2 is 1.88 bits per heavy atom. The van der Waals surface area contributed by atoms with E-state index in [0.29, 0.717) is 19.3 Å². The number of carboxylic acid groups (broad SMARTS) is 1. The van der Waals surface area contributed by atoms with E-state index in [2.05, 4.69) is 0 Å². The fourth-order valence-corrected chi connectivity index (χ4v) is 2.05. The van der Waals surface area contributed by atoms with E-state index in [1.54, 1.807) is 0 Å². The maximum absolute atomic E-state index is 11.8. The fraction of sp³-hybridized carbons (Fsp3) is 0.700. The third kappa shape index (κ3) is 2.95. The fourth-order valence-electron chi connectivity index (χ4n) is 2.05. The van der Waals surface area contributed by atoms with Crippen LogP contribution < -0.4 is 5.73 Å². The third-order valence-corrected chi connectivity index (χ3v) is 2.90. The summed E-state index contributed by atoms with van der Waals surface area (Å²) < 4.78 is 0. The molecule has 0 bridgehead atoms. The quantitative estimate of drug-likeness (QED) is 0.672. The highest BCUT2D eigenvalue weighted by Gasteiger charge is 2.35. The number of nitrogens with zero attached hydrogens (tertiary/aromatic N) is 1. The zero-order chi connectivity index (χ0) is 12.3. The van der Waals surface area contributed by atoms with Gasteiger partial charge in [-0.2, -0.15) is 0 Å². The van der Waals surface area contributed by atoms with Crippen LogP contribution >= 0.6 is 0 Å². The van der Waals surface area contributed by atoms with Crippen LogP contribution in [0.5, 0.6) is 0 Å². The number of carbonyl (C=O) groups is 3. The highest BCUT2D eigenvalue weighted by Crippen LogP contribution is 2.32. The molecule has 0 aliphatic heterocycles. The van der Waals surface area contributed by atoms with Crippen molar-refractivity contribution < 1.29 is 19.5 Å². The van der Waals surface area contributed by atoms with Gasteiger partial charge in [0, 0.05) is 13.0 Å². The molecule has 6 heteroatoms. The van der Waals surface area contributed by atoms with Crippen molar-refractivity contribution in [2.45, 2.75) is 19.3 Å². The van der Waals surface area contributed by atoms with E-state index in [1.807, 2.05) is 0 Å². The van der Waals surface area contributed by atoms with E-state index in [9.17, 15) is 14.4 Å². The summed E-state index contributed by atoms with van der Waals surface area (Å²) >= 11 is 0. The Labute approximate surface area is 93.4 Å². The van der Waals surface area contributed by atoms with E-state index in [-0.39, 0.29) is 18.4 Å².